The summed E-state index contributed by atoms with van der Waals surface area (Å²) >= 11 is 0. The maximum atomic E-state index is 12.0. The molecule has 6 heteroatoms. The Morgan fingerprint density at radius 3 is 2.11 bits per heavy atom. The minimum Gasteiger partial charge on any atom is -0.197 e. The van der Waals surface area contributed by atoms with E-state index < -0.39 is 24.0 Å². The van der Waals surface area contributed by atoms with Crippen molar-refractivity contribution in [2.75, 3.05) is 13.2 Å². The topological polar surface area (TPSA) is 49.7 Å². The van der Waals surface area contributed by atoms with Gasteiger partial charge >= 0.3 is 5.92 Å². The Balaban J connectivity index is 2.58. The van der Waals surface area contributed by atoms with Crippen LogP contribution in [0.15, 0.2) is 0 Å². The van der Waals surface area contributed by atoms with Crippen LogP contribution >= 0.6 is 0 Å². The van der Waals surface area contributed by atoms with Crippen molar-refractivity contribution in [3.05, 3.63) is 0 Å². The molecule has 0 spiro atoms. The summed E-state index contributed by atoms with van der Waals surface area (Å²) in [6, 6.07) is 0. The molecule has 0 aromatic heterocycles. The lowest BCUT2D eigenvalue weighted by molar-refractivity contribution is -1.36. The van der Waals surface area contributed by atoms with Crippen LogP contribution in [0, 0.1) is 0 Å². The maximum Gasteiger partial charge on any atom is 0.334 e. The third-order valence-electron chi connectivity index (χ3n) is 0.920. The molecular formula is C3H6F2NO3+. The Morgan fingerprint density at radius 2 is 2.00 bits per heavy atom. The van der Waals surface area contributed by atoms with Gasteiger partial charge in [-0.2, -0.15) is 8.78 Å². The molecule has 1 rings (SSSR count). The van der Waals surface area contributed by atoms with E-state index in [1.54, 1.807) is 0 Å². The number of halogens is 2. The predicted octanol–water partition coefficient (Wildman–Crippen LogP) is 0.162. The molecule has 1 aliphatic rings. The minimum absolute atomic E-state index is 0.944. The molecule has 0 bridgehead atoms. The van der Waals surface area contributed by atoms with Crippen molar-refractivity contribution < 1.29 is 29.0 Å². The van der Waals surface area contributed by atoms with Crippen LogP contribution in [-0.4, -0.2) is 34.5 Å². The van der Waals surface area contributed by atoms with Gasteiger partial charge in [0.05, 0.1) is 4.97 Å². The molecule has 1 saturated heterocycles. The van der Waals surface area contributed by atoms with Gasteiger partial charge in [0.1, 0.15) is 0 Å². The lowest BCUT2D eigenvalue weighted by Gasteiger charge is -2.08. The van der Waals surface area contributed by atoms with Crippen molar-refractivity contribution in [1.29, 1.82) is 0 Å². The van der Waals surface area contributed by atoms with Gasteiger partial charge in [-0.3, -0.25) is 0 Å². The number of hydroxylamine groups is 3. The van der Waals surface area contributed by atoms with Gasteiger partial charge in [0.2, 0.25) is 6.54 Å². The van der Waals surface area contributed by atoms with E-state index in [-0.39, 0.29) is 0 Å². The summed E-state index contributed by atoms with van der Waals surface area (Å²) in [7, 11) is 0. The SMILES string of the molecule is O[N+]1(O)CC(F)(F)CO1. The third kappa shape index (κ3) is 1.55. The number of hydrogen-bond donors (Lipinski definition) is 2. The van der Waals surface area contributed by atoms with E-state index in [1.165, 1.54) is 0 Å². The van der Waals surface area contributed by atoms with Crippen LogP contribution in [0.3, 0.4) is 0 Å². The molecule has 4 nitrogen and oxygen atoms in total. The van der Waals surface area contributed by atoms with Gasteiger partial charge < -0.3 is 0 Å². The molecule has 0 aromatic rings. The second-order valence-electron chi connectivity index (χ2n) is 1.95. The summed E-state index contributed by atoms with van der Waals surface area (Å²) in [4.78, 5) is 1.82. The molecule has 0 aliphatic carbocycles. The van der Waals surface area contributed by atoms with Gasteiger partial charge in [-0.15, -0.1) is 15.3 Å². The first kappa shape index (κ1) is 6.81. The van der Waals surface area contributed by atoms with Crippen LogP contribution in [0.4, 0.5) is 8.78 Å². The second-order valence-corrected chi connectivity index (χ2v) is 1.95. The first-order valence-electron chi connectivity index (χ1n) is 2.27. The number of alkyl halides is 2. The Labute approximate surface area is 49.3 Å². The van der Waals surface area contributed by atoms with E-state index in [0.29, 0.717) is 0 Å². The zero-order chi connectivity index (χ0) is 7.12. The number of quaternary nitrogens is 1. The van der Waals surface area contributed by atoms with Gasteiger partial charge in [-0.25, -0.2) is 0 Å². The van der Waals surface area contributed by atoms with Crippen LogP contribution in [-0.2, 0) is 4.84 Å². The molecule has 9 heavy (non-hydrogen) atoms. The molecule has 1 heterocycles. The Bertz CT molecular complexity index is 112. The lowest BCUT2D eigenvalue weighted by Crippen LogP contribution is -2.39. The fraction of sp³-hybridized carbons (Fsp3) is 1.00. The molecule has 0 atom stereocenters. The first-order chi connectivity index (χ1) is 3.91. The summed E-state index contributed by atoms with van der Waals surface area (Å²) in [5, 5.41) is 16.6. The van der Waals surface area contributed by atoms with Crippen LogP contribution in [0.2, 0.25) is 0 Å². The molecule has 0 radical (unpaired) electrons. The molecule has 0 aromatic carbocycles. The quantitative estimate of drug-likeness (QED) is 0.474. The van der Waals surface area contributed by atoms with Gasteiger partial charge in [-0.1, -0.05) is 0 Å². The third-order valence-corrected chi connectivity index (χ3v) is 0.920. The van der Waals surface area contributed by atoms with Gasteiger partial charge in [0.25, 0.3) is 0 Å². The highest BCUT2D eigenvalue weighted by atomic mass is 19.3. The monoisotopic (exact) mass is 142 g/mol. The van der Waals surface area contributed by atoms with Crippen molar-refractivity contribution >= 4 is 0 Å². The standard InChI is InChI=1S/C3H6F2NO3/c4-3(5)1-6(7,8)9-2-3/h7-8H,1-2H2/q+1. The Morgan fingerprint density at radius 1 is 1.44 bits per heavy atom. The van der Waals surface area contributed by atoms with Gasteiger partial charge in [-0.05, 0) is 0 Å². The Hall–Kier alpha value is -0.300. The van der Waals surface area contributed by atoms with E-state index in [1.807, 2.05) is 0 Å². The van der Waals surface area contributed by atoms with Crippen molar-refractivity contribution in [1.82, 2.24) is 0 Å². The van der Waals surface area contributed by atoms with Crippen LogP contribution < -0.4 is 0 Å². The summed E-state index contributed by atoms with van der Waals surface area (Å²) in [6.45, 7) is -2.05. The van der Waals surface area contributed by atoms with E-state index in [9.17, 15) is 8.78 Å². The second kappa shape index (κ2) is 1.60. The zero-order valence-corrected chi connectivity index (χ0v) is 4.42. The normalized spacial score (nSPS) is 30.7. The molecule has 2 N–H and O–H groups in total. The van der Waals surface area contributed by atoms with Crippen LogP contribution in [0.5, 0.6) is 0 Å². The fourth-order valence-electron chi connectivity index (χ4n) is 0.590. The van der Waals surface area contributed by atoms with Gasteiger partial charge in [0.15, 0.2) is 6.61 Å². The highest BCUT2D eigenvalue weighted by molar-refractivity contribution is 4.63. The van der Waals surface area contributed by atoms with Gasteiger partial charge in [0, 0.05) is 0 Å². The van der Waals surface area contributed by atoms with E-state index >= 15 is 0 Å². The van der Waals surface area contributed by atoms with Crippen molar-refractivity contribution in [3.63, 3.8) is 0 Å². The lowest BCUT2D eigenvalue weighted by atomic mass is 10.4. The zero-order valence-electron chi connectivity index (χ0n) is 4.42. The predicted molar refractivity (Wildman–Crippen MR) is 19.6 cm³/mol. The molecule has 1 aliphatic heterocycles. The van der Waals surface area contributed by atoms with E-state index in [4.69, 9.17) is 10.4 Å². The summed E-state index contributed by atoms with van der Waals surface area (Å²) in [5.41, 5.74) is 0. The highest BCUT2D eigenvalue weighted by Crippen LogP contribution is 2.25. The van der Waals surface area contributed by atoms with Crippen molar-refractivity contribution in [2.45, 2.75) is 5.92 Å². The molecule has 0 amide bonds. The van der Waals surface area contributed by atoms with Crippen molar-refractivity contribution in [3.8, 4) is 0 Å². The minimum atomic E-state index is -3.12. The fourth-order valence-corrected chi connectivity index (χ4v) is 0.590. The number of rotatable bonds is 0. The molecule has 0 unspecified atom stereocenters. The smallest absolute Gasteiger partial charge is 0.197 e. The molecule has 54 valence electrons. The first-order valence-corrected chi connectivity index (χ1v) is 2.27. The Kier molecular flexibility index (Phi) is 1.21. The molecule has 1 fully saturated rings. The largest absolute Gasteiger partial charge is 0.334 e. The van der Waals surface area contributed by atoms with Crippen LogP contribution in [0.25, 0.3) is 0 Å². The molecular weight excluding hydrogens is 136 g/mol. The summed E-state index contributed by atoms with van der Waals surface area (Å²) < 4.78 is 24.0. The average molecular weight is 142 g/mol. The van der Waals surface area contributed by atoms with Crippen molar-refractivity contribution in [2.24, 2.45) is 0 Å². The molecule has 0 saturated carbocycles. The van der Waals surface area contributed by atoms with Crippen LogP contribution in [0.1, 0.15) is 0 Å². The average Bonchev–Trinajstić information content (AvgIpc) is 1.78. The highest BCUT2D eigenvalue weighted by Gasteiger charge is 2.53. The number of nitrogens with zero attached hydrogens (tertiary/aromatic N) is 1. The summed E-state index contributed by atoms with van der Waals surface area (Å²) in [6.07, 6.45) is 0. The maximum absolute atomic E-state index is 12.0. The van der Waals surface area contributed by atoms with E-state index in [2.05, 4.69) is 4.84 Å². The number of hydrogen-bond acceptors (Lipinski definition) is 3. The van der Waals surface area contributed by atoms with E-state index in [0.717, 1.165) is 0 Å². The summed E-state index contributed by atoms with van der Waals surface area (Å²) in [5.74, 6) is -3.12.